The predicted octanol–water partition coefficient (Wildman–Crippen LogP) is 3.28. The monoisotopic (exact) mass is 432 g/mol. The van der Waals surface area contributed by atoms with Crippen LogP contribution in [-0.4, -0.2) is 31.2 Å². The number of fused-ring (bicyclic) bond motifs is 1. The minimum atomic E-state index is -3.73. The Bertz CT molecular complexity index is 1040. The van der Waals surface area contributed by atoms with Crippen LogP contribution in [0.3, 0.4) is 0 Å². The average Bonchev–Trinajstić information content (AvgIpc) is 3.41. The van der Waals surface area contributed by atoms with E-state index in [1.807, 2.05) is 41.8 Å². The number of nitrogens with one attached hydrogen (secondary N) is 1. The van der Waals surface area contributed by atoms with Gasteiger partial charge in [0, 0.05) is 18.0 Å². The molecular formula is C20H20N2O3S3. The highest BCUT2D eigenvalue weighted by Crippen LogP contribution is 2.30. The SMILES string of the molecule is O=C(NCCc1cccs1)C1Cc2ccccc2CN1S(=O)(=O)c1cccs1. The average molecular weight is 433 g/mol. The second-order valence-electron chi connectivity index (χ2n) is 6.59. The zero-order valence-electron chi connectivity index (χ0n) is 15.1. The van der Waals surface area contributed by atoms with Gasteiger partial charge in [-0.15, -0.1) is 22.7 Å². The summed E-state index contributed by atoms with van der Waals surface area (Å²) in [6.45, 7) is 0.698. The van der Waals surface area contributed by atoms with E-state index in [4.69, 9.17) is 0 Å². The van der Waals surface area contributed by atoms with Gasteiger partial charge in [-0.2, -0.15) is 4.31 Å². The molecule has 0 bridgehead atoms. The van der Waals surface area contributed by atoms with Gasteiger partial charge in [0.25, 0.3) is 10.0 Å². The first-order valence-corrected chi connectivity index (χ1v) is 12.2. The van der Waals surface area contributed by atoms with Gasteiger partial charge in [0.05, 0.1) is 0 Å². The lowest BCUT2D eigenvalue weighted by Crippen LogP contribution is -2.52. The van der Waals surface area contributed by atoms with Crippen LogP contribution >= 0.6 is 22.7 Å². The lowest BCUT2D eigenvalue weighted by Gasteiger charge is -2.34. The summed E-state index contributed by atoms with van der Waals surface area (Å²) in [5.74, 6) is -0.244. The van der Waals surface area contributed by atoms with Crippen LogP contribution in [-0.2, 0) is 34.2 Å². The number of amides is 1. The van der Waals surface area contributed by atoms with Crippen molar-refractivity contribution >= 4 is 38.6 Å². The molecule has 1 aromatic carbocycles. The van der Waals surface area contributed by atoms with Crippen LogP contribution < -0.4 is 5.32 Å². The van der Waals surface area contributed by atoms with Gasteiger partial charge < -0.3 is 5.32 Å². The Morgan fingerprint density at radius 1 is 1.04 bits per heavy atom. The fourth-order valence-electron chi connectivity index (χ4n) is 3.38. The standard InChI is InChI=1S/C20H20N2O3S3/c23-20(21-10-9-17-7-3-11-26-17)18-13-15-5-1-2-6-16(15)14-22(18)28(24,25)19-8-4-12-27-19/h1-8,11-12,18H,9-10,13-14H2,(H,21,23). The molecule has 4 rings (SSSR count). The second-order valence-corrected chi connectivity index (χ2v) is 10.7. The third-order valence-corrected chi connectivity index (χ3v) is 8.98. The fourth-order valence-corrected chi connectivity index (χ4v) is 6.78. The molecular weight excluding hydrogens is 412 g/mol. The summed E-state index contributed by atoms with van der Waals surface area (Å²) in [7, 11) is -3.73. The zero-order valence-corrected chi connectivity index (χ0v) is 17.5. The van der Waals surface area contributed by atoms with E-state index in [1.54, 1.807) is 28.8 Å². The number of hydrogen-bond donors (Lipinski definition) is 1. The van der Waals surface area contributed by atoms with Crippen LogP contribution in [0.15, 0.2) is 63.5 Å². The van der Waals surface area contributed by atoms with Crippen LogP contribution in [0.5, 0.6) is 0 Å². The molecule has 0 fully saturated rings. The number of hydrogen-bond acceptors (Lipinski definition) is 5. The van der Waals surface area contributed by atoms with E-state index in [9.17, 15) is 13.2 Å². The number of nitrogens with zero attached hydrogens (tertiary/aromatic N) is 1. The van der Waals surface area contributed by atoms with Crippen LogP contribution in [0.25, 0.3) is 0 Å². The van der Waals surface area contributed by atoms with Crippen LogP contribution in [0, 0.1) is 0 Å². The van der Waals surface area contributed by atoms with E-state index in [-0.39, 0.29) is 16.7 Å². The lowest BCUT2D eigenvalue weighted by atomic mass is 9.95. The van der Waals surface area contributed by atoms with Crippen molar-refractivity contribution in [2.45, 2.75) is 29.6 Å². The Morgan fingerprint density at radius 3 is 2.50 bits per heavy atom. The molecule has 1 N–H and O–H groups in total. The van der Waals surface area contributed by atoms with Crippen molar-refractivity contribution < 1.29 is 13.2 Å². The molecule has 8 heteroatoms. The maximum absolute atomic E-state index is 13.2. The third kappa shape index (κ3) is 3.91. The first kappa shape index (κ1) is 19.3. The second kappa shape index (κ2) is 8.16. The van der Waals surface area contributed by atoms with E-state index < -0.39 is 16.1 Å². The quantitative estimate of drug-likeness (QED) is 0.650. The number of thiophene rings is 2. The molecule has 0 saturated heterocycles. The Kier molecular flexibility index (Phi) is 5.63. The smallest absolute Gasteiger partial charge is 0.253 e. The molecule has 1 unspecified atom stereocenters. The number of benzene rings is 1. The van der Waals surface area contributed by atoms with Crippen molar-refractivity contribution in [1.82, 2.24) is 9.62 Å². The third-order valence-electron chi connectivity index (χ3n) is 4.82. The van der Waals surface area contributed by atoms with E-state index in [0.29, 0.717) is 13.0 Å². The van der Waals surface area contributed by atoms with Crippen molar-refractivity contribution in [1.29, 1.82) is 0 Å². The molecule has 0 spiro atoms. The van der Waals surface area contributed by atoms with Crippen molar-refractivity contribution in [3.05, 3.63) is 75.3 Å². The molecule has 1 amide bonds. The number of carbonyl (C=O) groups is 1. The summed E-state index contributed by atoms with van der Waals surface area (Å²) in [5.41, 5.74) is 1.98. The Hall–Kier alpha value is -2.00. The van der Waals surface area contributed by atoms with Crippen LogP contribution in [0.1, 0.15) is 16.0 Å². The maximum atomic E-state index is 13.2. The van der Waals surface area contributed by atoms with Gasteiger partial charge in [0.2, 0.25) is 5.91 Å². The molecule has 1 aliphatic heterocycles. The van der Waals surface area contributed by atoms with E-state index >= 15 is 0 Å². The van der Waals surface area contributed by atoms with Gasteiger partial charge in [-0.25, -0.2) is 8.42 Å². The van der Waals surface area contributed by atoms with Crippen molar-refractivity contribution in [3.63, 3.8) is 0 Å². The first-order chi connectivity index (χ1) is 13.6. The first-order valence-electron chi connectivity index (χ1n) is 8.98. The molecule has 0 radical (unpaired) electrons. The highest BCUT2D eigenvalue weighted by molar-refractivity contribution is 7.91. The predicted molar refractivity (Wildman–Crippen MR) is 112 cm³/mol. The Balaban J connectivity index is 1.57. The van der Waals surface area contributed by atoms with Crippen LogP contribution in [0.4, 0.5) is 0 Å². The van der Waals surface area contributed by atoms with Gasteiger partial charge >= 0.3 is 0 Å². The maximum Gasteiger partial charge on any atom is 0.253 e. The Labute approximate surface area is 172 Å². The summed E-state index contributed by atoms with van der Waals surface area (Å²) in [4.78, 5) is 14.1. The molecule has 3 aromatic rings. The van der Waals surface area contributed by atoms with E-state index in [0.717, 1.165) is 17.5 Å². The van der Waals surface area contributed by atoms with Crippen molar-refractivity contribution in [2.24, 2.45) is 0 Å². The van der Waals surface area contributed by atoms with E-state index in [1.165, 1.54) is 20.5 Å². The zero-order chi connectivity index (χ0) is 19.6. The molecule has 2 aromatic heterocycles. The molecule has 3 heterocycles. The largest absolute Gasteiger partial charge is 0.354 e. The van der Waals surface area contributed by atoms with Crippen LogP contribution in [0.2, 0.25) is 0 Å². The molecule has 1 aliphatic rings. The summed E-state index contributed by atoms with van der Waals surface area (Å²) in [6.07, 6.45) is 1.12. The topological polar surface area (TPSA) is 66.5 Å². The summed E-state index contributed by atoms with van der Waals surface area (Å²) in [5, 5.41) is 6.68. The van der Waals surface area contributed by atoms with Crippen molar-refractivity contribution in [3.8, 4) is 0 Å². The molecule has 0 aliphatic carbocycles. The minimum absolute atomic E-state index is 0.208. The lowest BCUT2D eigenvalue weighted by molar-refractivity contribution is -0.125. The van der Waals surface area contributed by atoms with Gasteiger partial charge in [0.15, 0.2) is 0 Å². The van der Waals surface area contributed by atoms with Gasteiger partial charge in [-0.1, -0.05) is 36.4 Å². The van der Waals surface area contributed by atoms with Gasteiger partial charge in [-0.3, -0.25) is 4.79 Å². The summed E-state index contributed by atoms with van der Waals surface area (Å²) in [6, 6.07) is 14.3. The summed E-state index contributed by atoms with van der Waals surface area (Å²) >= 11 is 2.82. The highest BCUT2D eigenvalue weighted by atomic mass is 32.2. The molecule has 1 atom stereocenters. The van der Waals surface area contributed by atoms with Crippen molar-refractivity contribution in [2.75, 3.05) is 6.54 Å². The molecule has 5 nitrogen and oxygen atoms in total. The Morgan fingerprint density at radius 2 is 1.79 bits per heavy atom. The minimum Gasteiger partial charge on any atom is -0.354 e. The number of sulfonamides is 1. The molecule has 28 heavy (non-hydrogen) atoms. The number of carbonyl (C=O) groups excluding carboxylic acids is 1. The molecule has 0 saturated carbocycles. The van der Waals surface area contributed by atoms with Gasteiger partial charge in [-0.05, 0) is 46.9 Å². The van der Waals surface area contributed by atoms with Gasteiger partial charge in [0.1, 0.15) is 10.3 Å². The van der Waals surface area contributed by atoms with E-state index in [2.05, 4.69) is 5.32 Å². The normalized spacial score (nSPS) is 17.2. The summed E-state index contributed by atoms with van der Waals surface area (Å²) < 4.78 is 28.0. The fraction of sp³-hybridized carbons (Fsp3) is 0.250. The number of rotatable bonds is 6. The molecule has 146 valence electrons. The highest BCUT2D eigenvalue weighted by Gasteiger charge is 2.39.